The highest BCUT2D eigenvalue weighted by Gasteiger charge is 2.23. The average molecular weight is 518 g/mol. The third kappa shape index (κ3) is 5.29. The Morgan fingerprint density at radius 3 is 2.23 bits per heavy atom. The molecular weight excluding hydrogens is 486 g/mol. The van der Waals surface area contributed by atoms with Gasteiger partial charge >= 0.3 is 0 Å². The minimum Gasteiger partial charge on any atom is -0.486 e. The summed E-state index contributed by atoms with van der Waals surface area (Å²) in [5, 5.41) is 0. The largest absolute Gasteiger partial charge is 0.486 e. The van der Waals surface area contributed by atoms with Crippen molar-refractivity contribution in [3.8, 4) is 11.5 Å². The van der Waals surface area contributed by atoms with Crippen LogP contribution in [0.1, 0.15) is 50.4 Å². The van der Waals surface area contributed by atoms with E-state index < -0.39 is 15.9 Å². The Morgan fingerprint density at radius 2 is 1.63 bits per heavy atom. The first-order chi connectivity index (χ1) is 16.9. The van der Waals surface area contributed by atoms with Gasteiger partial charge in [-0.2, -0.15) is 9.30 Å². The molecule has 1 aliphatic rings. The van der Waals surface area contributed by atoms with Crippen LogP contribution in [0, 0.1) is 0 Å². The molecule has 188 valence electrons. The molecule has 0 saturated heterocycles. The van der Waals surface area contributed by atoms with Gasteiger partial charge in [0.15, 0.2) is 16.3 Å². The maximum atomic E-state index is 13.0. The number of amides is 1. The van der Waals surface area contributed by atoms with Gasteiger partial charge in [-0.05, 0) is 43.5 Å². The lowest BCUT2D eigenvalue weighted by Gasteiger charge is -2.21. The quantitative estimate of drug-likeness (QED) is 0.419. The van der Waals surface area contributed by atoms with Crippen molar-refractivity contribution in [2.45, 2.75) is 51.5 Å². The summed E-state index contributed by atoms with van der Waals surface area (Å²) in [6, 6.07) is 9.92. The fourth-order valence-corrected chi connectivity index (χ4v) is 6.74. The van der Waals surface area contributed by atoms with Gasteiger partial charge in [0.25, 0.3) is 5.91 Å². The molecule has 0 unspecified atom stereocenters. The summed E-state index contributed by atoms with van der Waals surface area (Å²) in [6.07, 6.45) is 2.35. The Labute approximate surface area is 209 Å². The molecule has 0 atom stereocenters. The number of benzene rings is 2. The number of rotatable bonds is 9. The van der Waals surface area contributed by atoms with Crippen molar-refractivity contribution in [2.75, 3.05) is 26.3 Å². The highest BCUT2D eigenvalue weighted by atomic mass is 32.2. The molecule has 2 aromatic carbocycles. The van der Waals surface area contributed by atoms with E-state index in [1.807, 2.05) is 30.5 Å². The average Bonchev–Trinajstić information content (AvgIpc) is 3.18. The first-order valence-electron chi connectivity index (χ1n) is 12.0. The van der Waals surface area contributed by atoms with E-state index in [-0.39, 0.29) is 4.90 Å². The highest BCUT2D eigenvalue weighted by molar-refractivity contribution is 7.89. The van der Waals surface area contributed by atoms with E-state index >= 15 is 0 Å². The Morgan fingerprint density at radius 1 is 1.00 bits per heavy atom. The van der Waals surface area contributed by atoms with E-state index in [0.29, 0.717) is 54.7 Å². The molecule has 35 heavy (non-hydrogen) atoms. The molecule has 0 radical (unpaired) electrons. The van der Waals surface area contributed by atoms with Crippen molar-refractivity contribution < 1.29 is 22.7 Å². The van der Waals surface area contributed by atoms with E-state index in [2.05, 4.69) is 11.9 Å². The number of aromatic nitrogens is 1. The van der Waals surface area contributed by atoms with E-state index in [4.69, 9.17) is 9.47 Å². The second kappa shape index (κ2) is 10.9. The lowest BCUT2D eigenvalue weighted by Crippen LogP contribution is -2.32. The molecule has 0 bridgehead atoms. The maximum absolute atomic E-state index is 13.0. The molecule has 2 heterocycles. The van der Waals surface area contributed by atoms with Crippen molar-refractivity contribution in [1.82, 2.24) is 8.87 Å². The highest BCUT2D eigenvalue weighted by Crippen LogP contribution is 2.35. The van der Waals surface area contributed by atoms with Crippen LogP contribution in [0.15, 0.2) is 46.3 Å². The molecule has 0 fully saturated rings. The van der Waals surface area contributed by atoms with Crippen molar-refractivity contribution in [1.29, 1.82) is 0 Å². The van der Waals surface area contributed by atoms with Crippen LogP contribution in [0.4, 0.5) is 0 Å². The van der Waals surface area contributed by atoms with Crippen LogP contribution in [0.2, 0.25) is 0 Å². The molecular formula is C25H31N3O5S2. The zero-order valence-electron chi connectivity index (χ0n) is 20.3. The summed E-state index contributed by atoms with van der Waals surface area (Å²) in [7, 11) is -3.60. The normalized spacial score (nSPS) is 14.1. The number of fused-ring (bicyclic) bond motifs is 2. The molecule has 1 aromatic heterocycles. The summed E-state index contributed by atoms with van der Waals surface area (Å²) >= 11 is 1.42. The first-order valence-corrected chi connectivity index (χ1v) is 14.3. The summed E-state index contributed by atoms with van der Waals surface area (Å²) in [5.41, 5.74) is 1.29. The van der Waals surface area contributed by atoms with Crippen LogP contribution in [0.25, 0.3) is 10.2 Å². The van der Waals surface area contributed by atoms with Gasteiger partial charge in [0.2, 0.25) is 10.0 Å². The number of nitrogens with zero attached hydrogens (tertiary/aromatic N) is 3. The molecule has 1 amide bonds. The predicted molar refractivity (Wildman–Crippen MR) is 137 cm³/mol. The fraction of sp³-hybridized carbons (Fsp3) is 0.440. The Bertz CT molecular complexity index is 1370. The number of sulfonamides is 1. The fourth-order valence-electron chi connectivity index (χ4n) is 4.05. The van der Waals surface area contributed by atoms with Crippen molar-refractivity contribution >= 4 is 37.5 Å². The minimum absolute atomic E-state index is 0.185. The number of hydrogen-bond donors (Lipinski definition) is 0. The molecule has 10 heteroatoms. The van der Waals surface area contributed by atoms with E-state index in [0.717, 1.165) is 29.5 Å². The van der Waals surface area contributed by atoms with E-state index in [1.54, 1.807) is 0 Å². The lowest BCUT2D eigenvalue weighted by atomic mass is 10.2. The molecule has 4 rings (SSSR count). The van der Waals surface area contributed by atoms with Crippen LogP contribution < -0.4 is 14.3 Å². The second-order valence-corrected chi connectivity index (χ2v) is 11.3. The monoisotopic (exact) mass is 517 g/mol. The van der Waals surface area contributed by atoms with Crippen molar-refractivity contribution in [3.63, 3.8) is 0 Å². The number of ether oxygens (including phenoxy) is 2. The predicted octanol–water partition coefficient (Wildman–Crippen LogP) is 4.44. The van der Waals surface area contributed by atoms with Gasteiger partial charge in [0.1, 0.15) is 13.2 Å². The van der Waals surface area contributed by atoms with Gasteiger partial charge in [-0.3, -0.25) is 4.79 Å². The van der Waals surface area contributed by atoms with Gasteiger partial charge in [0, 0.05) is 37.3 Å². The molecule has 0 spiro atoms. The first kappa shape index (κ1) is 25.4. The van der Waals surface area contributed by atoms with Crippen molar-refractivity contribution in [3.05, 3.63) is 46.8 Å². The number of hydrogen-bond acceptors (Lipinski definition) is 6. The molecule has 1 aliphatic heterocycles. The Hall–Kier alpha value is -2.69. The molecule has 0 saturated carbocycles. The third-order valence-corrected chi connectivity index (χ3v) is 8.63. The summed E-state index contributed by atoms with van der Waals surface area (Å²) in [6.45, 7) is 8.63. The van der Waals surface area contributed by atoms with Crippen molar-refractivity contribution in [2.24, 2.45) is 4.99 Å². The molecule has 3 aromatic rings. The number of thiazole rings is 1. The smallest absolute Gasteiger partial charge is 0.279 e. The number of aryl methyl sites for hydroxylation is 1. The number of carbonyl (C=O) groups excluding carboxylic acids is 1. The van der Waals surface area contributed by atoms with Crippen LogP contribution in [0.3, 0.4) is 0 Å². The summed E-state index contributed by atoms with van der Waals surface area (Å²) in [5.74, 6) is 0.978. The van der Waals surface area contributed by atoms with Gasteiger partial charge in [-0.1, -0.05) is 32.1 Å². The van der Waals surface area contributed by atoms with E-state index in [1.165, 1.54) is 39.9 Å². The van der Waals surface area contributed by atoms with Gasteiger partial charge in [-0.25, -0.2) is 8.42 Å². The van der Waals surface area contributed by atoms with Gasteiger partial charge < -0.3 is 14.0 Å². The topological polar surface area (TPSA) is 90.2 Å². The molecule has 8 nitrogen and oxygen atoms in total. The van der Waals surface area contributed by atoms with Crippen LogP contribution in [0.5, 0.6) is 11.5 Å². The lowest BCUT2D eigenvalue weighted by molar-refractivity contribution is 0.0997. The molecule has 0 aliphatic carbocycles. The Kier molecular flexibility index (Phi) is 7.93. The maximum Gasteiger partial charge on any atom is 0.279 e. The van der Waals surface area contributed by atoms with Gasteiger partial charge in [-0.15, -0.1) is 0 Å². The minimum atomic E-state index is -3.60. The third-order valence-electron chi connectivity index (χ3n) is 5.68. The summed E-state index contributed by atoms with van der Waals surface area (Å²) in [4.78, 5) is 18.2. The van der Waals surface area contributed by atoms with Gasteiger partial charge in [0.05, 0.1) is 15.1 Å². The zero-order valence-corrected chi connectivity index (χ0v) is 22.0. The Balaban J connectivity index is 1.67. The van der Waals surface area contributed by atoms with Crippen LogP contribution >= 0.6 is 11.3 Å². The zero-order chi connectivity index (χ0) is 25.0. The second-order valence-electron chi connectivity index (χ2n) is 8.35. The van der Waals surface area contributed by atoms with E-state index in [9.17, 15) is 13.2 Å². The summed E-state index contributed by atoms with van der Waals surface area (Å²) < 4.78 is 41.9. The molecule has 0 N–H and O–H groups in total. The SMILES string of the molecule is CCCN(CCC)S(=O)(=O)c1ccc(C(=O)N=c2sc3cc4c(cc3n2CCC)OCCO4)cc1. The number of carbonyl (C=O) groups is 1. The van der Waals surface area contributed by atoms with Crippen LogP contribution in [-0.4, -0.2) is 49.5 Å². The standard InChI is InChI=1S/C25H31N3O5S2/c1-4-11-27(12-5-2)35(30,31)19-9-7-18(8-10-19)24(29)26-25-28(13-6-3)20-16-21-22(17-23(20)34-25)33-15-14-32-21/h7-10,16-17H,4-6,11-15H2,1-3H3. The van der Waals surface area contributed by atoms with Crippen LogP contribution in [-0.2, 0) is 16.6 Å².